The summed E-state index contributed by atoms with van der Waals surface area (Å²) in [5.41, 5.74) is 2.65. The van der Waals surface area contributed by atoms with Gasteiger partial charge in [0.1, 0.15) is 11.3 Å². The molecule has 1 aliphatic rings. The molecular weight excluding hydrogens is 531 g/mol. The molecule has 0 atom stereocenters. The summed E-state index contributed by atoms with van der Waals surface area (Å²) in [6.07, 6.45) is 6.57. The Balaban J connectivity index is 1.20. The van der Waals surface area contributed by atoms with Gasteiger partial charge in [0.05, 0.1) is 14.7 Å². The molecule has 10 heteroatoms. The van der Waals surface area contributed by atoms with Gasteiger partial charge in [-0.3, -0.25) is 9.59 Å². The lowest BCUT2D eigenvalue weighted by molar-refractivity contribution is -0.133. The van der Waals surface area contributed by atoms with Crippen LogP contribution >= 0.6 is 34.5 Å². The van der Waals surface area contributed by atoms with E-state index in [0.717, 1.165) is 72.5 Å². The van der Waals surface area contributed by atoms with Crippen LogP contribution in [0.2, 0.25) is 10.0 Å². The van der Waals surface area contributed by atoms with Crippen molar-refractivity contribution < 1.29 is 9.90 Å². The van der Waals surface area contributed by atoms with E-state index in [1.54, 1.807) is 6.07 Å². The summed E-state index contributed by atoms with van der Waals surface area (Å²) in [5.74, 6) is 0.299. The molecule has 2 aromatic carbocycles. The molecule has 7 nitrogen and oxygen atoms in total. The molecule has 4 rings (SSSR count). The molecule has 37 heavy (non-hydrogen) atoms. The first kappa shape index (κ1) is 27.9. The average Bonchev–Trinajstić information content (AvgIpc) is 3.55. The van der Waals surface area contributed by atoms with Crippen molar-refractivity contribution in [1.29, 1.82) is 0 Å². The highest BCUT2D eigenvalue weighted by Crippen LogP contribution is 2.28. The summed E-state index contributed by atoms with van der Waals surface area (Å²) < 4.78 is 0.807. The van der Waals surface area contributed by atoms with Crippen LogP contribution in [0.1, 0.15) is 43.2 Å². The van der Waals surface area contributed by atoms with Crippen LogP contribution in [0, 0.1) is 0 Å². The first-order chi connectivity index (χ1) is 17.9. The number of halogens is 2. The van der Waals surface area contributed by atoms with E-state index in [2.05, 4.69) is 20.5 Å². The molecule has 1 amide bonds. The number of amides is 1. The van der Waals surface area contributed by atoms with E-state index >= 15 is 0 Å². The number of benzene rings is 2. The zero-order valence-electron chi connectivity index (χ0n) is 20.8. The van der Waals surface area contributed by atoms with Crippen LogP contribution in [0.5, 0.6) is 5.75 Å². The molecule has 0 saturated heterocycles. The number of thiazole rings is 1. The Labute approximate surface area is 231 Å². The largest absolute Gasteiger partial charge is 0.506 e. The predicted molar refractivity (Wildman–Crippen MR) is 152 cm³/mol. The number of H-pyrrole nitrogens is 1. The summed E-state index contributed by atoms with van der Waals surface area (Å²) in [5, 5.41) is 17.9. The fourth-order valence-corrected chi connectivity index (χ4v) is 6.15. The van der Waals surface area contributed by atoms with Gasteiger partial charge in [0.25, 0.3) is 0 Å². The van der Waals surface area contributed by atoms with Gasteiger partial charge in [-0.2, -0.15) is 0 Å². The summed E-state index contributed by atoms with van der Waals surface area (Å²) in [6.45, 7) is 3.56. The monoisotopic (exact) mass is 564 g/mol. The maximum absolute atomic E-state index is 13.1. The van der Waals surface area contributed by atoms with E-state index in [0.29, 0.717) is 41.1 Å². The molecule has 3 aromatic rings. The van der Waals surface area contributed by atoms with E-state index in [9.17, 15) is 14.7 Å². The van der Waals surface area contributed by atoms with Gasteiger partial charge >= 0.3 is 4.87 Å². The van der Waals surface area contributed by atoms with Crippen molar-refractivity contribution in [1.82, 2.24) is 20.5 Å². The Morgan fingerprint density at radius 3 is 2.57 bits per heavy atom. The number of aromatic amines is 1. The number of aromatic hydroxyl groups is 1. The smallest absolute Gasteiger partial charge is 0.305 e. The van der Waals surface area contributed by atoms with E-state index < -0.39 is 0 Å². The van der Waals surface area contributed by atoms with Crippen molar-refractivity contribution in [2.75, 3.05) is 32.7 Å². The third kappa shape index (κ3) is 7.71. The maximum Gasteiger partial charge on any atom is 0.305 e. The number of aromatic nitrogens is 1. The van der Waals surface area contributed by atoms with Crippen LogP contribution in [-0.4, -0.2) is 59.7 Å². The van der Waals surface area contributed by atoms with Crippen molar-refractivity contribution in [2.45, 2.75) is 51.0 Å². The molecule has 0 unspecified atom stereocenters. The van der Waals surface area contributed by atoms with Crippen molar-refractivity contribution in [2.24, 2.45) is 0 Å². The van der Waals surface area contributed by atoms with Gasteiger partial charge in [0, 0.05) is 32.1 Å². The highest BCUT2D eigenvalue weighted by atomic mass is 35.5. The van der Waals surface area contributed by atoms with Gasteiger partial charge in [-0.1, -0.05) is 59.5 Å². The minimum atomic E-state index is -0.166. The van der Waals surface area contributed by atoms with E-state index in [1.165, 1.54) is 12.8 Å². The van der Waals surface area contributed by atoms with E-state index in [1.807, 2.05) is 24.3 Å². The summed E-state index contributed by atoms with van der Waals surface area (Å²) in [6, 6.07) is 9.49. The number of nitrogens with zero attached hydrogens (tertiary/aromatic N) is 1. The molecule has 0 aliphatic heterocycles. The Kier molecular flexibility index (Phi) is 10.3. The van der Waals surface area contributed by atoms with Gasteiger partial charge in [-0.05, 0) is 68.1 Å². The number of hydrogen-bond acceptors (Lipinski definition) is 6. The average molecular weight is 566 g/mol. The minimum Gasteiger partial charge on any atom is -0.506 e. The molecule has 0 radical (unpaired) electrons. The lowest BCUT2D eigenvalue weighted by Crippen LogP contribution is -2.44. The van der Waals surface area contributed by atoms with Crippen LogP contribution in [0.25, 0.3) is 10.2 Å². The molecule has 4 N–H and O–H groups in total. The molecule has 1 aliphatic carbocycles. The first-order valence-corrected chi connectivity index (χ1v) is 14.5. The number of hydrogen-bond donors (Lipinski definition) is 4. The topological polar surface area (TPSA) is 97.5 Å². The molecule has 1 saturated carbocycles. The Morgan fingerprint density at radius 2 is 1.78 bits per heavy atom. The molecule has 0 bridgehead atoms. The summed E-state index contributed by atoms with van der Waals surface area (Å²) >= 11 is 13.2. The van der Waals surface area contributed by atoms with Crippen LogP contribution in [-0.2, 0) is 17.6 Å². The first-order valence-electron chi connectivity index (χ1n) is 12.9. The number of carbonyl (C=O) groups excluding carboxylic acids is 1. The molecule has 200 valence electrons. The van der Waals surface area contributed by atoms with Gasteiger partial charge < -0.3 is 25.6 Å². The molecular formula is C27H34Cl2N4O3S. The lowest BCUT2D eigenvalue weighted by atomic mass is 10.1. The van der Waals surface area contributed by atoms with Gasteiger partial charge in [0.2, 0.25) is 5.91 Å². The normalized spacial score (nSPS) is 14.0. The van der Waals surface area contributed by atoms with Crippen molar-refractivity contribution in [3.05, 3.63) is 61.2 Å². The molecule has 1 heterocycles. The number of fused-ring (bicyclic) bond motifs is 1. The van der Waals surface area contributed by atoms with Gasteiger partial charge in [-0.25, -0.2) is 0 Å². The zero-order chi connectivity index (χ0) is 26.2. The minimum absolute atomic E-state index is 0.0969. The second-order valence-corrected chi connectivity index (χ2v) is 11.3. The van der Waals surface area contributed by atoms with Gasteiger partial charge in [0.15, 0.2) is 0 Å². The number of carbonyl (C=O) groups is 1. The third-order valence-corrected chi connectivity index (χ3v) is 8.61. The van der Waals surface area contributed by atoms with Crippen LogP contribution < -0.4 is 15.5 Å². The zero-order valence-corrected chi connectivity index (χ0v) is 23.2. The SMILES string of the molecule is O=C(CCNCCc1ccc(Cl)c(Cl)c1)N(CCNCCc1ccc(O)c2[nH]c(=O)sc12)C1CCCC1. The Bertz CT molecular complexity index is 1260. The Hall–Kier alpha value is -2.10. The number of phenolic OH excluding ortho intramolecular Hbond substituents is 1. The molecule has 0 spiro atoms. The lowest BCUT2D eigenvalue weighted by Gasteiger charge is -2.29. The van der Waals surface area contributed by atoms with Gasteiger partial charge in [-0.15, -0.1) is 0 Å². The highest BCUT2D eigenvalue weighted by Gasteiger charge is 2.25. The Morgan fingerprint density at radius 1 is 1.03 bits per heavy atom. The molecule has 1 aromatic heterocycles. The summed E-state index contributed by atoms with van der Waals surface area (Å²) in [7, 11) is 0. The predicted octanol–water partition coefficient (Wildman–Crippen LogP) is 4.73. The second-order valence-electron chi connectivity index (χ2n) is 9.49. The number of phenols is 1. The summed E-state index contributed by atoms with van der Waals surface area (Å²) in [4.78, 5) is 29.4. The quantitative estimate of drug-likeness (QED) is 0.225. The third-order valence-electron chi connectivity index (χ3n) is 6.92. The van der Waals surface area contributed by atoms with E-state index in [4.69, 9.17) is 23.2 Å². The fourth-order valence-electron chi connectivity index (χ4n) is 4.94. The van der Waals surface area contributed by atoms with Crippen LogP contribution in [0.3, 0.4) is 0 Å². The molecule has 1 fully saturated rings. The fraction of sp³-hybridized carbons (Fsp3) is 0.481. The second kappa shape index (κ2) is 13.6. The van der Waals surface area contributed by atoms with Crippen molar-refractivity contribution in [3.8, 4) is 5.75 Å². The van der Waals surface area contributed by atoms with Crippen LogP contribution in [0.15, 0.2) is 35.1 Å². The number of rotatable bonds is 13. The highest BCUT2D eigenvalue weighted by molar-refractivity contribution is 7.16. The van der Waals surface area contributed by atoms with E-state index in [-0.39, 0.29) is 16.5 Å². The maximum atomic E-state index is 13.1. The van der Waals surface area contributed by atoms with Crippen molar-refractivity contribution >= 4 is 50.7 Å². The number of nitrogens with one attached hydrogen (secondary N) is 3. The van der Waals surface area contributed by atoms with Crippen LogP contribution in [0.4, 0.5) is 0 Å². The standard InChI is InChI=1S/C27H34Cl2N4O3S/c28-21-7-5-18(17-22(21)29)9-12-30-14-11-24(35)33(20-3-1-2-4-20)16-15-31-13-10-19-6-8-23(34)25-26(19)37-27(36)32-25/h5-8,17,20,30-31,34H,1-4,9-16H2,(H,32,36). The van der Waals surface area contributed by atoms with Crippen molar-refractivity contribution in [3.63, 3.8) is 0 Å².